The lowest BCUT2D eigenvalue weighted by Crippen LogP contribution is -2.36. The Labute approximate surface area is 91.1 Å². The molecule has 0 saturated heterocycles. The van der Waals surface area contributed by atoms with Crippen LogP contribution in [0.1, 0.15) is 10.4 Å². The molecule has 0 saturated carbocycles. The van der Waals surface area contributed by atoms with Crippen LogP contribution in [0.2, 0.25) is 0 Å². The van der Waals surface area contributed by atoms with E-state index in [1.165, 1.54) is 0 Å². The number of terminal acetylenes is 1. The second kappa shape index (κ2) is 5.24. The molecule has 1 aromatic rings. The van der Waals surface area contributed by atoms with Gasteiger partial charge >= 0.3 is 0 Å². The summed E-state index contributed by atoms with van der Waals surface area (Å²) in [7, 11) is 0. The highest BCUT2D eigenvalue weighted by atomic mass is 19.2. The summed E-state index contributed by atoms with van der Waals surface area (Å²) in [4.78, 5) is 11.4. The molecule has 0 spiro atoms. The fourth-order valence-electron chi connectivity index (χ4n) is 1.02. The van der Waals surface area contributed by atoms with Crippen LogP contribution >= 0.6 is 0 Å². The van der Waals surface area contributed by atoms with Gasteiger partial charge in [0, 0.05) is 5.56 Å². The number of hydrogen-bond donors (Lipinski definition) is 2. The Morgan fingerprint density at radius 1 is 1.50 bits per heavy atom. The predicted molar refractivity (Wildman–Crippen MR) is 53.5 cm³/mol. The van der Waals surface area contributed by atoms with Crippen LogP contribution in [-0.4, -0.2) is 23.7 Å². The van der Waals surface area contributed by atoms with Gasteiger partial charge in [0.1, 0.15) is 6.04 Å². The molecule has 0 aliphatic heterocycles. The summed E-state index contributed by atoms with van der Waals surface area (Å²) < 4.78 is 25.4. The quantitative estimate of drug-likeness (QED) is 0.743. The molecule has 0 aliphatic rings. The van der Waals surface area contributed by atoms with Crippen LogP contribution in [0.5, 0.6) is 0 Å². The second-order valence-electron chi connectivity index (χ2n) is 3.00. The highest BCUT2D eigenvalue weighted by Crippen LogP contribution is 2.08. The minimum Gasteiger partial charge on any atom is -0.393 e. The second-order valence-corrected chi connectivity index (χ2v) is 3.00. The first-order valence-corrected chi connectivity index (χ1v) is 4.41. The van der Waals surface area contributed by atoms with Crippen LogP contribution in [0.25, 0.3) is 0 Å². The lowest BCUT2D eigenvalue weighted by molar-refractivity contribution is 0.0931. The van der Waals surface area contributed by atoms with Crippen molar-refractivity contribution in [3.63, 3.8) is 0 Å². The van der Waals surface area contributed by atoms with Crippen molar-refractivity contribution >= 4 is 5.91 Å². The number of carbonyl (C=O) groups is 1. The first-order chi connectivity index (χ1) is 7.58. The monoisotopic (exact) mass is 225 g/mol. The molecular weight excluding hydrogens is 216 g/mol. The van der Waals surface area contributed by atoms with Gasteiger partial charge in [-0.3, -0.25) is 4.79 Å². The van der Waals surface area contributed by atoms with Crippen molar-refractivity contribution in [3.05, 3.63) is 35.4 Å². The van der Waals surface area contributed by atoms with Gasteiger partial charge in [0.05, 0.1) is 6.61 Å². The number of aliphatic hydroxyl groups is 1. The largest absolute Gasteiger partial charge is 0.393 e. The summed E-state index contributed by atoms with van der Waals surface area (Å²) in [6, 6.07) is 1.88. The zero-order chi connectivity index (χ0) is 12.1. The summed E-state index contributed by atoms with van der Waals surface area (Å²) in [6.07, 6.45) is 5.00. The molecule has 1 aromatic carbocycles. The normalized spacial score (nSPS) is 11.6. The molecule has 0 aromatic heterocycles. The van der Waals surface area contributed by atoms with Crippen LogP contribution in [-0.2, 0) is 0 Å². The standard InChI is InChI=1S/C11H9F2NO2/c1-2-8(6-15)14-11(16)7-3-4-9(12)10(13)5-7/h1,3-5,8,15H,6H2,(H,14,16). The summed E-state index contributed by atoms with van der Waals surface area (Å²) in [6.45, 7) is -0.425. The van der Waals surface area contributed by atoms with E-state index in [2.05, 4.69) is 11.2 Å². The summed E-state index contributed by atoms with van der Waals surface area (Å²) in [5.74, 6) is -0.694. The number of rotatable bonds is 3. The maximum atomic E-state index is 12.8. The minimum atomic E-state index is -1.12. The van der Waals surface area contributed by atoms with Gasteiger partial charge < -0.3 is 10.4 Å². The van der Waals surface area contributed by atoms with E-state index in [0.29, 0.717) is 0 Å². The van der Waals surface area contributed by atoms with Crippen LogP contribution in [0.3, 0.4) is 0 Å². The molecule has 2 N–H and O–H groups in total. The average molecular weight is 225 g/mol. The fourth-order valence-corrected chi connectivity index (χ4v) is 1.02. The molecule has 1 atom stereocenters. The highest BCUT2D eigenvalue weighted by Gasteiger charge is 2.12. The van der Waals surface area contributed by atoms with Crippen molar-refractivity contribution in [2.45, 2.75) is 6.04 Å². The molecule has 1 unspecified atom stereocenters. The molecule has 5 heteroatoms. The van der Waals surface area contributed by atoms with E-state index < -0.39 is 30.2 Å². The molecule has 1 rings (SSSR count). The van der Waals surface area contributed by atoms with Crippen molar-refractivity contribution < 1.29 is 18.7 Å². The van der Waals surface area contributed by atoms with Gasteiger partial charge in [-0.2, -0.15) is 0 Å². The fraction of sp³-hybridized carbons (Fsp3) is 0.182. The SMILES string of the molecule is C#CC(CO)NC(=O)c1ccc(F)c(F)c1. The number of nitrogens with one attached hydrogen (secondary N) is 1. The van der Waals surface area contributed by atoms with Gasteiger partial charge in [-0.25, -0.2) is 8.78 Å². The number of halogens is 2. The lowest BCUT2D eigenvalue weighted by Gasteiger charge is -2.09. The van der Waals surface area contributed by atoms with Crippen molar-refractivity contribution in [1.29, 1.82) is 0 Å². The Morgan fingerprint density at radius 2 is 2.19 bits per heavy atom. The van der Waals surface area contributed by atoms with Crippen LogP contribution in [0, 0.1) is 24.0 Å². The third kappa shape index (κ3) is 2.78. The minimum absolute atomic E-state index is 0.0624. The average Bonchev–Trinajstić information content (AvgIpc) is 2.29. The molecule has 1 amide bonds. The number of amides is 1. The van der Waals surface area contributed by atoms with E-state index in [9.17, 15) is 13.6 Å². The molecule has 0 aliphatic carbocycles. The third-order valence-corrected chi connectivity index (χ3v) is 1.87. The predicted octanol–water partition coefficient (Wildman–Crippen LogP) is 0.689. The third-order valence-electron chi connectivity index (χ3n) is 1.87. The zero-order valence-electron chi connectivity index (χ0n) is 8.21. The molecule has 16 heavy (non-hydrogen) atoms. The van der Waals surface area contributed by atoms with Crippen molar-refractivity contribution in [3.8, 4) is 12.3 Å². The molecular formula is C11H9F2NO2. The maximum absolute atomic E-state index is 12.8. The highest BCUT2D eigenvalue weighted by molar-refractivity contribution is 5.94. The topological polar surface area (TPSA) is 49.3 Å². The number of benzene rings is 1. The van der Waals surface area contributed by atoms with Crippen molar-refractivity contribution in [2.75, 3.05) is 6.61 Å². The van der Waals surface area contributed by atoms with E-state index in [-0.39, 0.29) is 5.56 Å². The van der Waals surface area contributed by atoms with Crippen molar-refractivity contribution in [1.82, 2.24) is 5.32 Å². The molecule has 0 radical (unpaired) electrons. The summed E-state index contributed by atoms with van der Waals surface area (Å²) >= 11 is 0. The Bertz CT molecular complexity index is 440. The van der Waals surface area contributed by atoms with Crippen LogP contribution in [0.15, 0.2) is 18.2 Å². The molecule has 3 nitrogen and oxygen atoms in total. The molecule has 0 heterocycles. The van der Waals surface area contributed by atoms with Gasteiger partial charge in [-0.05, 0) is 18.2 Å². The van der Waals surface area contributed by atoms with E-state index in [1.807, 2.05) is 0 Å². The summed E-state index contributed by atoms with van der Waals surface area (Å²) in [5, 5.41) is 11.0. The summed E-state index contributed by atoms with van der Waals surface area (Å²) in [5.41, 5.74) is -0.0624. The Morgan fingerprint density at radius 3 is 2.69 bits per heavy atom. The Balaban J connectivity index is 2.81. The number of carbonyl (C=O) groups excluding carboxylic acids is 1. The molecule has 0 bridgehead atoms. The Kier molecular flexibility index (Phi) is 3.97. The van der Waals surface area contributed by atoms with E-state index in [4.69, 9.17) is 11.5 Å². The van der Waals surface area contributed by atoms with Crippen LogP contribution < -0.4 is 5.32 Å². The zero-order valence-corrected chi connectivity index (χ0v) is 8.21. The number of hydrogen-bond acceptors (Lipinski definition) is 2. The van der Waals surface area contributed by atoms with E-state index in [0.717, 1.165) is 18.2 Å². The van der Waals surface area contributed by atoms with Gasteiger partial charge in [-0.1, -0.05) is 5.92 Å². The van der Waals surface area contributed by atoms with Gasteiger partial charge in [0.2, 0.25) is 0 Å². The van der Waals surface area contributed by atoms with E-state index in [1.54, 1.807) is 0 Å². The van der Waals surface area contributed by atoms with Gasteiger partial charge in [-0.15, -0.1) is 6.42 Å². The van der Waals surface area contributed by atoms with Gasteiger partial charge in [0.25, 0.3) is 5.91 Å². The smallest absolute Gasteiger partial charge is 0.252 e. The van der Waals surface area contributed by atoms with Crippen molar-refractivity contribution in [2.24, 2.45) is 0 Å². The first kappa shape index (κ1) is 12.1. The number of aliphatic hydroxyl groups excluding tert-OH is 1. The van der Waals surface area contributed by atoms with E-state index >= 15 is 0 Å². The van der Waals surface area contributed by atoms with Gasteiger partial charge in [0.15, 0.2) is 11.6 Å². The molecule has 84 valence electrons. The lowest BCUT2D eigenvalue weighted by atomic mass is 10.2. The first-order valence-electron chi connectivity index (χ1n) is 4.41. The maximum Gasteiger partial charge on any atom is 0.252 e. The van der Waals surface area contributed by atoms with Crippen LogP contribution in [0.4, 0.5) is 8.78 Å². The Hall–Kier alpha value is -1.93. The molecule has 0 fully saturated rings.